The minimum Gasteiger partial charge on any atom is -0.387 e. The Hall–Kier alpha value is -0.570. The van der Waals surface area contributed by atoms with Gasteiger partial charge in [-0.05, 0) is 12.5 Å². The number of hydrogen-bond donors (Lipinski definition) is 2. The summed E-state index contributed by atoms with van der Waals surface area (Å²) in [4.78, 5) is 0. The SMILES string of the molecule is CC(C)NC(C)C(O)c1ccccc1.Cl. The van der Waals surface area contributed by atoms with E-state index in [1.54, 1.807) is 0 Å². The van der Waals surface area contributed by atoms with E-state index in [4.69, 9.17) is 0 Å². The average molecular weight is 230 g/mol. The molecule has 15 heavy (non-hydrogen) atoms. The van der Waals surface area contributed by atoms with E-state index in [9.17, 15) is 5.11 Å². The van der Waals surface area contributed by atoms with E-state index < -0.39 is 6.10 Å². The topological polar surface area (TPSA) is 32.3 Å². The van der Waals surface area contributed by atoms with Crippen molar-refractivity contribution in [3.05, 3.63) is 35.9 Å². The molecule has 0 amide bonds. The smallest absolute Gasteiger partial charge is 0.0940 e. The van der Waals surface area contributed by atoms with Gasteiger partial charge in [-0.15, -0.1) is 12.4 Å². The maximum atomic E-state index is 9.98. The molecular weight excluding hydrogens is 210 g/mol. The van der Waals surface area contributed by atoms with Crippen molar-refractivity contribution in [1.29, 1.82) is 0 Å². The number of rotatable bonds is 4. The maximum absolute atomic E-state index is 9.98. The maximum Gasteiger partial charge on any atom is 0.0940 e. The second kappa shape index (κ2) is 6.83. The molecule has 1 aromatic rings. The van der Waals surface area contributed by atoms with Gasteiger partial charge in [0.25, 0.3) is 0 Å². The molecule has 0 heterocycles. The summed E-state index contributed by atoms with van der Waals surface area (Å²) in [5.74, 6) is 0. The summed E-state index contributed by atoms with van der Waals surface area (Å²) in [7, 11) is 0. The molecular formula is C12H20ClNO. The highest BCUT2D eigenvalue weighted by Gasteiger charge is 2.15. The molecule has 2 nitrogen and oxygen atoms in total. The van der Waals surface area contributed by atoms with Crippen LogP contribution in [-0.2, 0) is 0 Å². The average Bonchev–Trinajstić information content (AvgIpc) is 2.17. The predicted molar refractivity (Wildman–Crippen MR) is 66.4 cm³/mol. The van der Waals surface area contributed by atoms with Crippen molar-refractivity contribution in [3.63, 3.8) is 0 Å². The Bertz CT molecular complexity index is 264. The second-order valence-electron chi connectivity index (χ2n) is 3.97. The molecule has 2 unspecified atom stereocenters. The summed E-state index contributed by atoms with van der Waals surface area (Å²) in [6.07, 6.45) is -0.432. The number of aliphatic hydroxyl groups is 1. The number of benzene rings is 1. The number of aliphatic hydroxyl groups excluding tert-OH is 1. The molecule has 1 rings (SSSR count). The lowest BCUT2D eigenvalue weighted by Gasteiger charge is -2.22. The van der Waals surface area contributed by atoms with Gasteiger partial charge in [0, 0.05) is 12.1 Å². The van der Waals surface area contributed by atoms with Crippen LogP contribution in [0, 0.1) is 0 Å². The molecule has 2 atom stereocenters. The monoisotopic (exact) mass is 229 g/mol. The molecule has 0 bridgehead atoms. The first-order valence-electron chi connectivity index (χ1n) is 5.10. The van der Waals surface area contributed by atoms with Crippen LogP contribution in [0.5, 0.6) is 0 Å². The molecule has 86 valence electrons. The summed E-state index contributed by atoms with van der Waals surface area (Å²) in [5, 5.41) is 13.3. The van der Waals surface area contributed by atoms with Crippen LogP contribution >= 0.6 is 12.4 Å². The Labute approximate surface area is 98.1 Å². The first-order chi connectivity index (χ1) is 6.61. The van der Waals surface area contributed by atoms with Crippen molar-refractivity contribution in [2.24, 2.45) is 0 Å². The molecule has 3 heteroatoms. The van der Waals surface area contributed by atoms with Crippen LogP contribution in [0.1, 0.15) is 32.4 Å². The van der Waals surface area contributed by atoms with Crippen molar-refractivity contribution in [2.75, 3.05) is 0 Å². The Kier molecular flexibility index (Phi) is 6.57. The third kappa shape index (κ3) is 4.65. The lowest BCUT2D eigenvalue weighted by molar-refractivity contribution is 0.132. The van der Waals surface area contributed by atoms with E-state index in [1.165, 1.54) is 0 Å². The molecule has 2 N–H and O–H groups in total. The normalized spacial score (nSPS) is 14.5. The van der Waals surface area contributed by atoms with Crippen LogP contribution in [0.3, 0.4) is 0 Å². The van der Waals surface area contributed by atoms with Crippen molar-refractivity contribution in [1.82, 2.24) is 5.32 Å². The van der Waals surface area contributed by atoms with Crippen LogP contribution in [0.4, 0.5) is 0 Å². The largest absolute Gasteiger partial charge is 0.387 e. The molecule has 0 fully saturated rings. The molecule has 0 saturated heterocycles. The Balaban J connectivity index is 0.00000196. The molecule has 0 saturated carbocycles. The molecule has 0 aliphatic carbocycles. The fraction of sp³-hybridized carbons (Fsp3) is 0.500. The molecule has 0 aliphatic heterocycles. The van der Waals surface area contributed by atoms with Gasteiger partial charge in [0.2, 0.25) is 0 Å². The van der Waals surface area contributed by atoms with E-state index in [-0.39, 0.29) is 18.4 Å². The van der Waals surface area contributed by atoms with Gasteiger partial charge in [-0.1, -0.05) is 44.2 Å². The van der Waals surface area contributed by atoms with Gasteiger partial charge in [0.1, 0.15) is 0 Å². The quantitative estimate of drug-likeness (QED) is 0.832. The van der Waals surface area contributed by atoms with Crippen LogP contribution in [0.2, 0.25) is 0 Å². The van der Waals surface area contributed by atoms with Crippen LogP contribution in [0.25, 0.3) is 0 Å². The highest BCUT2D eigenvalue weighted by Crippen LogP contribution is 2.16. The fourth-order valence-electron chi connectivity index (χ4n) is 1.56. The second-order valence-corrected chi connectivity index (χ2v) is 3.97. The van der Waals surface area contributed by atoms with Crippen LogP contribution in [0.15, 0.2) is 30.3 Å². The first kappa shape index (κ1) is 14.4. The minimum absolute atomic E-state index is 0. The van der Waals surface area contributed by atoms with E-state index in [1.807, 2.05) is 37.3 Å². The van der Waals surface area contributed by atoms with E-state index in [0.29, 0.717) is 6.04 Å². The summed E-state index contributed by atoms with van der Waals surface area (Å²) in [6, 6.07) is 10.2. The van der Waals surface area contributed by atoms with E-state index in [0.717, 1.165) is 5.56 Å². The third-order valence-electron chi connectivity index (χ3n) is 2.21. The molecule has 1 aromatic carbocycles. The van der Waals surface area contributed by atoms with E-state index in [2.05, 4.69) is 19.2 Å². The van der Waals surface area contributed by atoms with Crippen LogP contribution in [-0.4, -0.2) is 17.2 Å². The molecule has 0 aromatic heterocycles. The van der Waals surface area contributed by atoms with Gasteiger partial charge >= 0.3 is 0 Å². The van der Waals surface area contributed by atoms with Crippen molar-refractivity contribution < 1.29 is 5.11 Å². The Morgan fingerprint density at radius 2 is 1.60 bits per heavy atom. The summed E-state index contributed by atoms with van der Waals surface area (Å²) < 4.78 is 0. The summed E-state index contributed by atoms with van der Waals surface area (Å²) >= 11 is 0. The minimum atomic E-state index is -0.432. The van der Waals surface area contributed by atoms with Crippen molar-refractivity contribution >= 4 is 12.4 Å². The Morgan fingerprint density at radius 1 is 1.07 bits per heavy atom. The molecule has 0 radical (unpaired) electrons. The van der Waals surface area contributed by atoms with Gasteiger partial charge in [-0.3, -0.25) is 0 Å². The first-order valence-corrected chi connectivity index (χ1v) is 5.10. The number of nitrogens with one attached hydrogen (secondary N) is 1. The molecule has 0 spiro atoms. The Morgan fingerprint density at radius 3 is 2.07 bits per heavy atom. The number of halogens is 1. The van der Waals surface area contributed by atoms with Gasteiger partial charge in [-0.2, -0.15) is 0 Å². The summed E-state index contributed by atoms with van der Waals surface area (Å²) in [5.41, 5.74) is 0.966. The third-order valence-corrected chi connectivity index (χ3v) is 2.21. The van der Waals surface area contributed by atoms with Gasteiger partial charge in [0.05, 0.1) is 6.10 Å². The van der Waals surface area contributed by atoms with Gasteiger partial charge < -0.3 is 10.4 Å². The lowest BCUT2D eigenvalue weighted by atomic mass is 10.0. The highest BCUT2D eigenvalue weighted by molar-refractivity contribution is 5.85. The standard InChI is InChI=1S/C12H19NO.ClH/c1-9(2)13-10(3)12(14)11-7-5-4-6-8-11;/h4-10,12-14H,1-3H3;1H. The van der Waals surface area contributed by atoms with Crippen LogP contribution < -0.4 is 5.32 Å². The van der Waals surface area contributed by atoms with E-state index >= 15 is 0 Å². The fourth-order valence-corrected chi connectivity index (χ4v) is 1.56. The van der Waals surface area contributed by atoms with Crippen molar-refractivity contribution in [2.45, 2.75) is 39.0 Å². The predicted octanol–water partition coefficient (Wildman–Crippen LogP) is 2.53. The highest BCUT2D eigenvalue weighted by atomic mass is 35.5. The summed E-state index contributed by atoms with van der Waals surface area (Å²) in [6.45, 7) is 6.15. The zero-order valence-corrected chi connectivity index (χ0v) is 10.3. The van der Waals surface area contributed by atoms with Crippen molar-refractivity contribution in [3.8, 4) is 0 Å². The van der Waals surface area contributed by atoms with Gasteiger partial charge in [0.15, 0.2) is 0 Å². The molecule has 0 aliphatic rings. The lowest BCUT2D eigenvalue weighted by Crippen LogP contribution is -2.36. The zero-order valence-electron chi connectivity index (χ0n) is 9.47. The zero-order chi connectivity index (χ0) is 10.6. The van der Waals surface area contributed by atoms with Gasteiger partial charge in [-0.25, -0.2) is 0 Å². The number of hydrogen-bond acceptors (Lipinski definition) is 2.